The maximum atomic E-state index is 10.1. The van der Waals surface area contributed by atoms with Gasteiger partial charge in [0.25, 0.3) is 0 Å². The summed E-state index contributed by atoms with van der Waals surface area (Å²) in [7, 11) is 0. The van der Waals surface area contributed by atoms with Gasteiger partial charge in [0.15, 0.2) is 0 Å². The molecule has 18 heavy (non-hydrogen) atoms. The molecule has 1 heterocycles. The van der Waals surface area contributed by atoms with Gasteiger partial charge >= 0.3 is 0 Å². The lowest BCUT2D eigenvalue weighted by Crippen LogP contribution is -2.44. The number of nitrogens with one attached hydrogen (secondary N) is 1. The van der Waals surface area contributed by atoms with Crippen LogP contribution >= 0.6 is 27.3 Å². The van der Waals surface area contributed by atoms with E-state index in [1.54, 1.807) is 0 Å². The summed E-state index contributed by atoms with van der Waals surface area (Å²) in [5.74, 6) is 0. The third-order valence-corrected chi connectivity index (χ3v) is 5.94. The van der Waals surface area contributed by atoms with Crippen molar-refractivity contribution in [2.75, 3.05) is 0 Å². The molecule has 3 unspecified atom stereocenters. The van der Waals surface area contributed by atoms with Crippen LogP contribution in [0.4, 0.5) is 0 Å². The van der Waals surface area contributed by atoms with E-state index in [0.29, 0.717) is 12.1 Å². The van der Waals surface area contributed by atoms with Crippen LogP contribution in [0.15, 0.2) is 9.85 Å². The summed E-state index contributed by atoms with van der Waals surface area (Å²) in [4.78, 5) is 1.52. The topological polar surface area (TPSA) is 32.3 Å². The molecule has 0 amide bonds. The van der Waals surface area contributed by atoms with Crippen LogP contribution in [0.5, 0.6) is 0 Å². The molecule has 2 aliphatic carbocycles. The van der Waals surface area contributed by atoms with Crippen LogP contribution < -0.4 is 5.32 Å². The van der Waals surface area contributed by atoms with Crippen molar-refractivity contribution >= 4 is 27.3 Å². The molecular formula is C14H20BrNOS. The predicted molar refractivity (Wildman–Crippen MR) is 79.1 cm³/mol. The lowest BCUT2D eigenvalue weighted by atomic mass is 9.88. The van der Waals surface area contributed by atoms with Crippen LogP contribution in [0.1, 0.15) is 55.0 Å². The Labute approximate surface area is 121 Å². The third-order valence-electron chi connectivity index (χ3n) is 4.23. The van der Waals surface area contributed by atoms with Gasteiger partial charge < -0.3 is 10.4 Å². The molecule has 4 heteroatoms. The summed E-state index contributed by atoms with van der Waals surface area (Å²) < 4.78 is 1.24. The zero-order valence-corrected chi connectivity index (χ0v) is 12.9. The third kappa shape index (κ3) is 2.67. The molecule has 0 radical (unpaired) electrons. The molecule has 0 aliphatic heterocycles. The Morgan fingerprint density at radius 2 is 2.06 bits per heavy atom. The van der Waals surface area contributed by atoms with Crippen LogP contribution in [0.25, 0.3) is 0 Å². The second kappa shape index (κ2) is 5.61. The minimum absolute atomic E-state index is 0.147. The molecule has 0 saturated heterocycles. The van der Waals surface area contributed by atoms with Crippen LogP contribution in [0, 0.1) is 0 Å². The van der Waals surface area contributed by atoms with Gasteiger partial charge in [0.1, 0.15) is 0 Å². The van der Waals surface area contributed by atoms with Crippen molar-refractivity contribution < 1.29 is 5.11 Å². The molecule has 0 spiro atoms. The van der Waals surface area contributed by atoms with E-state index in [2.05, 4.69) is 27.3 Å². The first-order valence-corrected chi connectivity index (χ1v) is 8.57. The van der Waals surface area contributed by atoms with Gasteiger partial charge in [-0.1, -0.05) is 12.8 Å². The van der Waals surface area contributed by atoms with E-state index in [1.807, 2.05) is 11.3 Å². The summed E-state index contributed by atoms with van der Waals surface area (Å²) in [5, 5.41) is 13.8. The predicted octanol–water partition coefficient (Wildman–Crippen LogP) is 3.78. The van der Waals surface area contributed by atoms with Gasteiger partial charge in [-0.2, -0.15) is 0 Å². The van der Waals surface area contributed by atoms with E-state index in [9.17, 15) is 5.11 Å². The lowest BCUT2D eigenvalue weighted by Gasteiger charge is -2.34. The summed E-state index contributed by atoms with van der Waals surface area (Å²) in [6.07, 6.45) is 8.06. The molecule has 2 nitrogen and oxygen atoms in total. The Kier molecular flexibility index (Phi) is 4.09. The normalized spacial score (nSPS) is 32.2. The van der Waals surface area contributed by atoms with Gasteiger partial charge in [-0.25, -0.2) is 0 Å². The van der Waals surface area contributed by atoms with Crippen LogP contribution in [-0.4, -0.2) is 17.3 Å². The lowest BCUT2D eigenvalue weighted by molar-refractivity contribution is 0.0835. The molecule has 3 rings (SSSR count). The number of rotatable bonds is 2. The fourth-order valence-corrected chi connectivity index (χ4v) is 5.08. The Hall–Kier alpha value is 0.100. The number of hydrogen-bond acceptors (Lipinski definition) is 3. The van der Waals surface area contributed by atoms with Crippen LogP contribution in [0.2, 0.25) is 0 Å². The number of hydrogen-bond donors (Lipinski definition) is 2. The van der Waals surface area contributed by atoms with Crippen molar-refractivity contribution in [2.45, 2.75) is 63.1 Å². The average Bonchev–Trinajstić information content (AvgIpc) is 2.73. The number of fused-ring (bicyclic) bond motifs is 1. The van der Waals surface area contributed by atoms with Crippen LogP contribution in [0.3, 0.4) is 0 Å². The van der Waals surface area contributed by atoms with Gasteiger partial charge in [0, 0.05) is 17.0 Å². The maximum Gasteiger partial charge on any atom is 0.0704 e. The zero-order chi connectivity index (χ0) is 12.5. The highest BCUT2D eigenvalue weighted by Gasteiger charge is 2.29. The summed E-state index contributed by atoms with van der Waals surface area (Å²) in [5.41, 5.74) is 1.47. The standard InChI is InChI=1S/C14H20BrNOS/c15-14-8-9-10(5-3-7-13(9)18-14)16-11-4-1-2-6-12(11)17/h8,10-12,16-17H,1-7H2. The molecular weight excluding hydrogens is 310 g/mol. The smallest absolute Gasteiger partial charge is 0.0704 e. The van der Waals surface area contributed by atoms with E-state index in [1.165, 1.54) is 46.3 Å². The number of aliphatic hydroxyl groups excluding tert-OH is 1. The molecule has 3 atom stereocenters. The number of thiophene rings is 1. The van der Waals surface area contributed by atoms with E-state index in [0.717, 1.165) is 12.8 Å². The van der Waals surface area contributed by atoms with Crippen molar-refractivity contribution in [2.24, 2.45) is 0 Å². The summed E-state index contributed by atoms with van der Waals surface area (Å²) in [6.45, 7) is 0. The number of aryl methyl sites for hydroxylation is 1. The fourth-order valence-electron chi connectivity index (χ4n) is 3.26. The van der Waals surface area contributed by atoms with E-state index < -0.39 is 0 Å². The van der Waals surface area contributed by atoms with Gasteiger partial charge in [0.05, 0.1) is 9.89 Å². The average molecular weight is 330 g/mol. The highest BCUT2D eigenvalue weighted by molar-refractivity contribution is 9.11. The molecule has 1 aromatic heterocycles. The van der Waals surface area contributed by atoms with E-state index >= 15 is 0 Å². The Morgan fingerprint density at radius 3 is 2.89 bits per heavy atom. The van der Waals surface area contributed by atoms with Gasteiger partial charge in [-0.15, -0.1) is 11.3 Å². The highest BCUT2D eigenvalue weighted by Crippen LogP contribution is 2.38. The minimum Gasteiger partial charge on any atom is -0.392 e. The first-order valence-electron chi connectivity index (χ1n) is 6.96. The second-order valence-electron chi connectivity index (χ2n) is 5.50. The SMILES string of the molecule is OC1CCCCC1NC1CCCc2sc(Br)cc21. The maximum absolute atomic E-state index is 10.1. The second-order valence-corrected chi connectivity index (χ2v) is 8.01. The van der Waals surface area contributed by atoms with Crippen LogP contribution in [-0.2, 0) is 6.42 Å². The largest absolute Gasteiger partial charge is 0.392 e. The molecule has 1 aromatic rings. The zero-order valence-electron chi connectivity index (χ0n) is 10.5. The highest BCUT2D eigenvalue weighted by atomic mass is 79.9. The Balaban J connectivity index is 1.73. The van der Waals surface area contributed by atoms with E-state index in [4.69, 9.17) is 0 Å². The van der Waals surface area contributed by atoms with Crippen molar-refractivity contribution in [1.29, 1.82) is 0 Å². The van der Waals surface area contributed by atoms with Gasteiger partial charge in [-0.3, -0.25) is 0 Å². The summed E-state index contributed by atoms with van der Waals surface area (Å²) >= 11 is 5.47. The van der Waals surface area contributed by atoms with Crippen molar-refractivity contribution in [3.05, 3.63) is 20.3 Å². The first kappa shape index (κ1) is 13.1. The summed E-state index contributed by atoms with van der Waals surface area (Å²) in [6, 6.07) is 3.02. The van der Waals surface area contributed by atoms with E-state index in [-0.39, 0.29) is 6.10 Å². The van der Waals surface area contributed by atoms with Gasteiger partial charge in [0.2, 0.25) is 0 Å². The minimum atomic E-state index is -0.147. The number of aliphatic hydroxyl groups is 1. The molecule has 2 aliphatic rings. The fraction of sp³-hybridized carbons (Fsp3) is 0.714. The van der Waals surface area contributed by atoms with Gasteiger partial charge in [-0.05, 0) is 59.7 Å². The molecule has 0 aromatic carbocycles. The Morgan fingerprint density at radius 1 is 1.22 bits per heavy atom. The first-order chi connectivity index (χ1) is 8.74. The molecule has 2 N–H and O–H groups in total. The molecule has 100 valence electrons. The van der Waals surface area contributed by atoms with Crippen molar-refractivity contribution in [3.63, 3.8) is 0 Å². The Bertz CT molecular complexity index is 420. The van der Waals surface area contributed by atoms with Crippen molar-refractivity contribution in [1.82, 2.24) is 5.32 Å². The van der Waals surface area contributed by atoms with Crippen molar-refractivity contribution in [3.8, 4) is 0 Å². The monoisotopic (exact) mass is 329 g/mol. The number of halogens is 1. The molecule has 1 fully saturated rings. The quantitative estimate of drug-likeness (QED) is 0.865. The molecule has 1 saturated carbocycles. The molecule has 0 bridgehead atoms.